The topological polar surface area (TPSA) is 96.1 Å². The molecule has 8 heteroatoms. The molecule has 1 aromatic heterocycles. The quantitative estimate of drug-likeness (QED) is 0.438. The minimum absolute atomic E-state index is 0.0101. The Morgan fingerprint density at radius 2 is 1.72 bits per heavy atom. The van der Waals surface area contributed by atoms with Crippen molar-refractivity contribution in [1.29, 1.82) is 0 Å². The minimum Gasteiger partial charge on any atom is -0.493 e. The lowest BCUT2D eigenvalue weighted by Gasteiger charge is -2.24. The largest absolute Gasteiger partial charge is 0.493 e. The van der Waals surface area contributed by atoms with Crippen LogP contribution in [0.3, 0.4) is 0 Å². The van der Waals surface area contributed by atoms with Crippen LogP contribution in [-0.4, -0.2) is 57.9 Å². The second-order valence-corrected chi connectivity index (χ2v) is 7.71. The summed E-state index contributed by atoms with van der Waals surface area (Å²) in [5, 5.41) is 0. The average molecular weight is 446 g/mol. The number of carbonyl (C=O) groups is 2. The fourth-order valence-corrected chi connectivity index (χ4v) is 4.12. The lowest BCUT2D eigenvalue weighted by atomic mass is 9.81. The first-order chi connectivity index (χ1) is 15.4. The van der Waals surface area contributed by atoms with Crippen molar-refractivity contribution in [2.75, 3.05) is 41.2 Å². The molecule has 0 spiro atoms. The minimum atomic E-state index is -0.478. The van der Waals surface area contributed by atoms with Crippen LogP contribution in [0.2, 0.25) is 0 Å². The van der Waals surface area contributed by atoms with E-state index in [1.165, 1.54) is 0 Å². The molecule has 1 heterocycles. The molecule has 1 N–H and O–H groups in total. The first-order valence-corrected chi connectivity index (χ1v) is 10.7. The van der Waals surface area contributed by atoms with Crippen LogP contribution >= 0.6 is 0 Å². The summed E-state index contributed by atoms with van der Waals surface area (Å²) >= 11 is 0. The Morgan fingerprint density at radius 3 is 2.31 bits per heavy atom. The number of Topliss-reactive ketones (excluding diaryl/α,β-unsaturated/α-hetero) is 1. The van der Waals surface area contributed by atoms with E-state index in [1.807, 2.05) is 19.1 Å². The zero-order chi connectivity index (χ0) is 23.3. The van der Waals surface area contributed by atoms with Crippen LogP contribution in [0, 0.1) is 6.92 Å². The molecular formula is C24H31NO7. The van der Waals surface area contributed by atoms with Crippen molar-refractivity contribution in [1.82, 2.24) is 4.98 Å². The van der Waals surface area contributed by atoms with Gasteiger partial charge in [-0.1, -0.05) is 6.92 Å². The smallest absolute Gasteiger partial charge is 0.355 e. The maximum atomic E-state index is 13.0. The Kier molecular flexibility index (Phi) is 7.80. The van der Waals surface area contributed by atoms with Gasteiger partial charge in [-0.25, -0.2) is 4.79 Å². The summed E-state index contributed by atoms with van der Waals surface area (Å²) in [6.07, 6.45) is 1.81. The summed E-state index contributed by atoms with van der Waals surface area (Å²) in [5.74, 6) is 1.01. The fraction of sp³-hybridized carbons (Fsp3) is 0.500. The van der Waals surface area contributed by atoms with E-state index in [0.29, 0.717) is 60.1 Å². The maximum Gasteiger partial charge on any atom is 0.355 e. The predicted molar refractivity (Wildman–Crippen MR) is 118 cm³/mol. The molecule has 1 atom stereocenters. The summed E-state index contributed by atoms with van der Waals surface area (Å²) in [4.78, 5) is 28.7. The van der Waals surface area contributed by atoms with Crippen LogP contribution in [0.1, 0.15) is 63.4 Å². The monoisotopic (exact) mass is 445 g/mol. The van der Waals surface area contributed by atoms with E-state index >= 15 is 0 Å². The number of methoxy groups -OCH3 is 3. The standard InChI is InChI=1S/C24H31NO7/c1-6-7-31-8-9-32-24(27)22-14(2)21-17(25-22)10-15(11-18(21)26)16-12-19(28-3)23(30-5)20(13-16)29-4/h12-13,15,25H,6-11H2,1-5H3. The van der Waals surface area contributed by atoms with Crippen molar-refractivity contribution in [2.45, 2.75) is 39.0 Å². The van der Waals surface area contributed by atoms with Crippen LogP contribution in [0.15, 0.2) is 12.1 Å². The molecule has 0 aliphatic heterocycles. The zero-order valence-electron chi connectivity index (χ0n) is 19.3. The Labute approximate surface area is 188 Å². The van der Waals surface area contributed by atoms with Gasteiger partial charge in [-0.15, -0.1) is 0 Å². The van der Waals surface area contributed by atoms with E-state index in [4.69, 9.17) is 23.7 Å². The SMILES string of the molecule is CCCOCCOC(=O)c1[nH]c2c(c1C)C(=O)CC(c1cc(OC)c(OC)c(OC)c1)C2. The Hall–Kier alpha value is -3.00. The molecule has 0 fully saturated rings. The molecular weight excluding hydrogens is 414 g/mol. The van der Waals surface area contributed by atoms with Gasteiger partial charge >= 0.3 is 5.97 Å². The summed E-state index contributed by atoms with van der Waals surface area (Å²) in [6, 6.07) is 3.73. The maximum absolute atomic E-state index is 13.0. The Morgan fingerprint density at radius 1 is 1.03 bits per heavy atom. The highest BCUT2D eigenvalue weighted by atomic mass is 16.6. The number of ketones is 1. The molecule has 0 saturated heterocycles. The van der Waals surface area contributed by atoms with Gasteiger partial charge in [-0.05, 0) is 48.9 Å². The highest BCUT2D eigenvalue weighted by Gasteiger charge is 2.33. The van der Waals surface area contributed by atoms with E-state index in [-0.39, 0.29) is 18.3 Å². The molecule has 3 rings (SSSR count). The van der Waals surface area contributed by atoms with E-state index < -0.39 is 5.97 Å². The lowest BCUT2D eigenvalue weighted by Crippen LogP contribution is -2.19. The van der Waals surface area contributed by atoms with Gasteiger partial charge < -0.3 is 28.7 Å². The van der Waals surface area contributed by atoms with Gasteiger partial charge in [0.15, 0.2) is 17.3 Å². The molecule has 1 unspecified atom stereocenters. The van der Waals surface area contributed by atoms with Gasteiger partial charge in [-0.3, -0.25) is 4.79 Å². The molecule has 0 radical (unpaired) electrons. The third-order valence-electron chi connectivity index (χ3n) is 5.66. The number of benzene rings is 1. The zero-order valence-corrected chi connectivity index (χ0v) is 19.3. The number of aromatic amines is 1. The van der Waals surface area contributed by atoms with Crippen molar-refractivity contribution in [2.24, 2.45) is 0 Å². The number of carbonyl (C=O) groups excluding carboxylic acids is 2. The molecule has 0 bridgehead atoms. The highest BCUT2D eigenvalue weighted by molar-refractivity contribution is 6.03. The molecule has 1 aliphatic rings. The third-order valence-corrected chi connectivity index (χ3v) is 5.66. The molecule has 0 saturated carbocycles. The molecule has 1 aromatic carbocycles. The van der Waals surface area contributed by atoms with Gasteiger partial charge in [0.1, 0.15) is 12.3 Å². The predicted octanol–water partition coefficient (Wildman–Crippen LogP) is 3.85. The molecule has 1 aliphatic carbocycles. The molecule has 8 nitrogen and oxygen atoms in total. The number of esters is 1. The van der Waals surface area contributed by atoms with E-state index in [0.717, 1.165) is 17.7 Å². The number of hydrogen-bond donors (Lipinski definition) is 1. The van der Waals surface area contributed by atoms with E-state index in [9.17, 15) is 9.59 Å². The van der Waals surface area contributed by atoms with Crippen LogP contribution in [0.4, 0.5) is 0 Å². The van der Waals surface area contributed by atoms with Crippen LogP contribution < -0.4 is 14.2 Å². The van der Waals surface area contributed by atoms with Gasteiger partial charge in [0.2, 0.25) is 5.75 Å². The lowest BCUT2D eigenvalue weighted by molar-refractivity contribution is 0.0312. The van der Waals surface area contributed by atoms with Crippen molar-refractivity contribution in [3.8, 4) is 17.2 Å². The Bertz CT molecular complexity index is 954. The summed E-state index contributed by atoms with van der Waals surface area (Å²) in [7, 11) is 4.67. The number of ether oxygens (including phenoxy) is 5. The van der Waals surface area contributed by atoms with Gasteiger partial charge in [0.05, 0.1) is 27.9 Å². The average Bonchev–Trinajstić information content (AvgIpc) is 3.14. The van der Waals surface area contributed by atoms with Gasteiger partial charge in [-0.2, -0.15) is 0 Å². The molecule has 174 valence electrons. The molecule has 32 heavy (non-hydrogen) atoms. The van der Waals surface area contributed by atoms with Crippen molar-refractivity contribution in [3.05, 3.63) is 40.2 Å². The van der Waals surface area contributed by atoms with Crippen LogP contribution in [0.25, 0.3) is 0 Å². The number of hydrogen-bond acceptors (Lipinski definition) is 7. The first kappa shape index (κ1) is 23.7. The van der Waals surface area contributed by atoms with Crippen molar-refractivity contribution in [3.63, 3.8) is 0 Å². The third kappa shape index (κ3) is 4.75. The first-order valence-electron chi connectivity index (χ1n) is 10.7. The number of H-pyrrole nitrogens is 1. The normalized spacial score (nSPS) is 15.3. The van der Waals surface area contributed by atoms with Crippen molar-refractivity contribution < 1.29 is 33.3 Å². The number of aromatic nitrogens is 1. The van der Waals surface area contributed by atoms with E-state index in [2.05, 4.69) is 4.98 Å². The van der Waals surface area contributed by atoms with Crippen LogP contribution in [0.5, 0.6) is 17.2 Å². The fourth-order valence-electron chi connectivity index (χ4n) is 4.12. The van der Waals surface area contributed by atoms with E-state index in [1.54, 1.807) is 28.3 Å². The van der Waals surface area contributed by atoms with Crippen molar-refractivity contribution >= 4 is 11.8 Å². The summed E-state index contributed by atoms with van der Waals surface area (Å²) in [6.45, 7) is 4.94. The highest BCUT2D eigenvalue weighted by Crippen LogP contribution is 2.43. The Balaban J connectivity index is 1.82. The number of nitrogens with one attached hydrogen (secondary N) is 1. The van der Waals surface area contributed by atoms with Gasteiger partial charge in [0.25, 0.3) is 0 Å². The molecule has 2 aromatic rings. The molecule has 0 amide bonds. The van der Waals surface area contributed by atoms with Gasteiger partial charge in [0, 0.05) is 24.3 Å². The summed E-state index contributed by atoms with van der Waals surface area (Å²) < 4.78 is 27.0. The second-order valence-electron chi connectivity index (χ2n) is 7.71. The van der Waals surface area contributed by atoms with Crippen LogP contribution in [-0.2, 0) is 15.9 Å². The summed E-state index contributed by atoms with van der Waals surface area (Å²) in [5.41, 5.74) is 3.19. The number of fused-ring (bicyclic) bond motifs is 1. The second kappa shape index (κ2) is 10.5. The number of rotatable bonds is 10.